The standard InChI is InChI=1S/C54H101NO3/c1-3-5-7-9-11-13-15-17-19-21-22-23-24-25-26-27-28-29-30-31-32-34-35-37-39-41-43-45-47-49-53(57)52(51-56)55-54(58)50-48-46-44-42-40-38-36-33-20-18-16-14-12-10-8-6-4-2/h18,20,32,34,39,41,47,49,52-53,56-57H,3-17,19,21-31,33,35-38,40,42-46,48,50-51H2,1-2H3,(H,55,58)/b20-18-,34-32+,41-39+,49-47+. The SMILES string of the molecule is CCCCCCCC/C=C\CCCCCCCCCC(=O)NC(CO)C(O)/C=C/CC/C=C/CC/C=C/CCCCCCCCCCCCCCCCCCCCC. The molecule has 2 atom stereocenters. The van der Waals surface area contributed by atoms with Crippen molar-refractivity contribution in [3.63, 3.8) is 0 Å². The second-order valence-electron chi connectivity index (χ2n) is 17.6. The third-order valence-corrected chi connectivity index (χ3v) is 11.8. The molecule has 0 spiro atoms. The average molecular weight is 812 g/mol. The van der Waals surface area contributed by atoms with Gasteiger partial charge in [-0.1, -0.05) is 242 Å². The summed E-state index contributed by atoms with van der Waals surface area (Å²) >= 11 is 0. The summed E-state index contributed by atoms with van der Waals surface area (Å²) in [5.41, 5.74) is 0. The number of aliphatic hydroxyl groups is 2. The first kappa shape index (κ1) is 56.4. The van der Waals surface area contributed by atoms with Crippen LogP contribution in [0.5, 0.6) is 0 Å². The fourth-order valence-corrected chi connectivity index (χ4v) is 7.79. The Balaban J connectivity index is 3.57. The summed E-state index contributed by atoms with van der Waals surface area (Å²) in [6.07, 6.45) is 68.3. The minimum atomic E-state index is -0.873. The number of amides is 1. The lowest BCUT2D eigenvalue weighted by Crippen LogP contribution is -2.45. The second-order valence-corrected chi connectivity index (χ2v) is 17.6. The van der Waals surface area contributed by atoms with Gasteiger partial charge in [0.2, 0.25) is 5.91 Å². The van der Waals surface area contributed by atoms with Crippen LogP contribution in [-0.4, -0.2) is 34.9 Å². The summed E-state index contributed by atoms with van der Waals surface area (Å²) < 4.78 is 0. The van der Waals surface area contributed by atoms with E-state index in [1.54, 1.807) is 6.08 Å². The number of unbranched alkanes of at least 4 members (excludes halogenated alkanes) is 34. The maximum Gasteiger partial charge on any atom is 0.220 e. The molecule has 0 radical (unpaired) electrons. The monoisotopic (exact) mass is 812 g/mol. The normalized spacial score (nSPS) is 13.2. The van der Waals surface area contributed by atoms with Crippen LogP contribution in [-0.2, 0) is 4.79 Å². The van der Waals surface area contributed by atoms with Gasteiger partial charge in [0, 0.05) is 6.42 Å². The lowest BCUT2D eigenvalue weighted by atomic mass is 10.0. The highest BCUT2D eigenvalue weighted by molar-refractivity contribution is 5.76. The molecule has 0 aliphatic carbocycles. The smallest absolute Gasteiger partial charge is 0.220 e. The molecule has 4 heteroatoms. The van der Waals surface area contributed by atoms with E-state index in [0.29, 0.717) is 6.42 Å². The van der Waals surface area contributed by atoms with Crippen LogP contribution in [0.2, 0.25) is 0 Å². The minimum Gasteiger partial charge on any atom is -0.394 e. The Hall–Kier alpha value is -1.65. The molecule has 0 aliphatic rings. The van der Waals surface area contributed by atoms with E-state index in [1.807, 2.05) is 6.08 Å². The van der Waals surface area contributed by atoms with Crippen molar-refractivity contribution in [1.82, 2.24) is 5.32 Å². The molecule has 0 heterocycles. The number of hydrogen-bond donors (Lipinski definition) is 3. The first-order valence-corrected chi connectivity index (χ1v) is 25.9. The van der Waals surface area contributed by atoms with E-state index in [2.05, 4.69) is 55.6 Å². The van der Waals surface area contributed by atoms with Crippen molar-refractivity contribution in [1.29, 1.82) is 0 Å². The van der Waals surface area contributed by atoms with Gasteiger partial charge in [0.25, 0.3) is 0 Å². The second kappa shape index (κ2) is 49.7. The van der Waals surface area contributed by atoms with Crippen LogP contribution in [0.1, 0.15) is 271 Å². The molecule has 1 amide bonds. The summed E-state index contributed by atoms with van der Waals surface area (Å²) in [6, 6.07) is -0.648. The first-order chi connectivity index (χ1) is 28.7. The average Bonchev–Trinajstić information content (AvgIpc) is 3.23. The summed E-state index contributed by atoms with van der Waals surface area (Å²) in [7, 11) is 0. The van der Waals surface area contributed by atoms with E-state index in [0.717, 1.165) is 38.5 Å². The lowest BCUT2D eigenvalue weighted by molar-refractivity contribution is -0.123. The molecule has 3 N–H and O–H groups in total. The summed E-state index contributed by atoms with van der Waals surface area (Å²) in [5, 5.41) is 23.1. The Kier molecular flexibility index (Phi) is 48.3. The highest BCUT2D eigenvalue weighted by atomic mass is 16.3. The van der Waals surface area contributed by atoms with Crippen molar-refractivity contribution in [2.75, 3.05) is 6.61 Å². The highest BCUT2D eigenvalue weighted by Crippen LogP contribution is 2.16. The first-order valence-electron chi connectivity index (χ1n) is 25.9. The van der Waals surface area contributed by atoms with Crippen molar-refractivity contribution >= 4 is 5.91 Å². The van der Waals surface area contributed by atoms with Crippen LogP contribution in [0, 0.1) is 0 Å². The van der Waals surface area contributed by atoms with Crippen LogP contribution in [0.25, 0.3) is 0 Å². The number of rotatable bonds is 47. The topological polar surface area (TPSA) is 69.6 Å². The lowest BCUT2D eigenvalue weighted by Gasteiger charge is -2.19. The van der Waals surface area contributed by atoms with Gasteiger partial charge >= 0.3 is 0 Å². The van der Waals surface area contributed by atoms with E-state index in [4.69, 9.17) is 0 Å². The Morgan fingerprint density at radius 2 is 0.672 bits per heavy atom. The molecular formula is C54H101NO3. The Morgan fingerprint density at radius 3 is 1.00 bits per heavy atom. The molecule has 0 fully saturated rings. The van der Waals surface area contributed by atoms with E-state index >= 15 is 0 Å². The third kappa shape index (κ3) is 45.4. The maximum absolute atomic E-state index is 12.4. The molecule has 0 aromatic heterocycles. The highest BCUT2D eigenvalue weighted by Gasteiger charge is 2.17. The van der Waals surface area contributed by atoms with Gasteiger partial charge in [-0.2, -0.15) is 0 Å². The maximum atomic E-state index is 12.4. The Bertz CT molecular complexity index is 923. The van der Waals surface area contributed by atoms with Crippen LogP contribution in [0.3, 0.4) is 0 Å². The quantitative estimate of drug-likeness (QED) is 0.0423. The Labute approximate surface area is 363 Å². The number of aliphatic hydroxyl groups excluding tert-OH is 2. The van der Waals surface area contributed by atoms with Crippen LogP contribution in [0.4, 0.5) is 0 Å². The van der Waals surface area contributed by atoms with Gasteiger partial charge in [-0.3, -0.25) is 4.79 Å². The zero-order valence-electron chi connectivity index (χ0n) is 39.1. The fraction of sp³-hybridized carbons (Fsp3) is 0.833. The number of hydrogen-bond acceptors (Lipinski definition) is 3. The number of carbonyl (C=O) groups excluding carboxylic acids is 1. The van der Waals surface area contributed by atoms with Crippen molar-refractivity contribution in [3.05, 3.63) is 48.6 Å². The summed E-state index contributed by atoms with van der Waals surface area (Å²) in [4.78, 5) is 12.4. The van der Waals surface area contributed by atoms with Gasteiger partial charge in [0.15, 0.2) is 0 Å². The molecule has 0 saturated carbocycles. The van der Waals surface area contributed by atoms with Crippen LogP contribution < -0.4 is 5.32 Å². The van der Waals surface area contributed by atoms with Crippen molar-refractivity contribution in [2.24, 2.45) is 0 Å². The van der Waals surface area contributed by atoms with E-state index in [1.165, 1.54) is 212 Å². The van der Waals surface area contributed by atoms with E-state index in [-0.39, 0.29) is 12.5 Å². The number of nitrogens with one attached hydrogen (secondary N) is 1. The fourth-order valence-electron chi connectivity index (χ4n) is 7.79. The summed E-state index contributed by atoms with van der Waals surface area (Å²) in [5.74, 6) is -0.0817. The molecule has 58 heavy (non-hydrogen) atoms. The molecule has 4 nitrogen and oxygen atoms in total. The largest absolute Gasteiger partial charge is 0.394 e. The van der Waals surface area contributed by atoms with Gasteiger partial charge in [-0.15, -0.1) is 0 Å². The van der Waals surface area contributed by atoms with Gasteiger partial charge < -0.3 is 15.5 Å². The van der Waals surface area contributed by atoms with Gasteiger partial charge in [-0.05, 0) is 70.6 Å². The van der Waals surface area contributed by atoms with E-state index < -0.39 is 12.1 Å². The molecule has 340 valence electrons. The number of carbonyl (C=O) groups is 1. The molecule has 0 aliphatic heterocycles. The van der Waals surface area contributed by atoms with E-state index in [9.17, 15) is 15.0 Å². The number of allylic oxidation sites excluding steroid dienone is 7. The molecule has 2 unspecified atom stereocenters. The van der Waals surface area contributed by atoms with Crippen molar-refractivity contribution < 1.29 is 15.0 Å². The predicted octanol–water partition coefficient (Wildman–Crippen LogP) is 16.7. The molecule has 0 saturated heterocycles. The molecular weight excluding hydrogens is 711 g/mol. The van der Waals surface area contributed by atoms with Crippen LogP contribution in [0.15, 0.2) is 48.6 Å². The van der Waals surface area contributed by atoms with Gasteiger partial charge in [-0.25, -0.2) is 0 Å². The minimum absolute atomic E-state index is 0.0817. The van der Waals surface area contributed by atoms with Crippen LogP contribution >= 0.6 is 0 Å². The zero-order chi connectivity index (χ0) is 42.1. The molecule has 0 aromatic carbocycles. The third-order valence-electron chi connectivity index (χ3n) is 11.8. The van der Waals surface area contributed by atoms with Crippen molar-refractivity contribution in [2.45, 2.75) is 283 Å². The van der Waals surface area contributed by atoms with Gasteiger partial charge in [0.1, 0.15) is 0 Å². The predicted molar refractivity (Wildman–Crippen MR) is 258 cm³/mol. The molecule has 0 bridgehead atoms. The van der Waals surface area contributed by atoms with Gasteiger partial charge in [0.05, 0.1) is 18.8 Å². The zero-order valence-corrected chi connectivity index (χ0v) is 39.1. The molecule has 0 aromatic rings. The molecule has 0 rings (SSSR count). The summed E-state index contributed by atoms with van der Waals surface area (Å²) in [6.45, 7) is 4.30. The van der Waals surface area contributed by atoms with Crippen molar-refractivity contribution in [3.8, 4) is 0 Å². The Morgan fingerprint density at radius 1 is 0.397 bits per heavy atom.